The zero-order valence-electron chi connectivity index (χ0n) is 13.1. The van der Waals surface area contributed by atoms with E-state index < -0.39 is 11.7 Å². The van der Waals surface area contributed by atoms with Crippen molar-refractivity contribution in [1.82, 2.24) is 5.32 Å². The zero-order chi connectivity index (χ0) is 16.6. The van der Waals surface area contributed by atoms with Gasteiger partial charge in [-0.1, -0.05) is 28.1 Å². The summed E-state index contributed by atoms with van der Waals surface area (Å²) in [5.41, 5.74) is 0.414. The lowest BCUT2D eigenvalue weighted by atomic mass is 10.2. The van der Waals surface area contributed by atoms with E-state index in [1.54, 1.807) is 20.8 Å². The Morgan fingerprint density at radius 1 is 1.18 bits per heavy atom. The van der Waals surface area contributed by atoms with Crippen LogP contribution in [0.5, 0.6) is 0 Å². The number of ether oxygens (including phenoxy) is 2. The minimum atomic E-state index is -0.520. The monoisotopic (exact) mass is 371 g/mol. The van der Waals surface area contributed by atoms with Crippen LogP contribution >= 0.6 is 15.9 Å². The van der Waals surface area contributed by atoms with Gasteiger partial charge >= 0.3 is 12.1 Å². The number of hydrogen-bond donors (Lipinski definition) is 1. The first-order chi connectivity index (χ1) is 10.3. The molecule has 0 saturated heterocycles. The number of halogens is 1. The highest BCUT2D eigenvalue weighted by Crippen LogP contribution is 2.11. The molecule has 0 atom stereocenters. The maximum Gasteiger partial charge on any atom is 0.407 e. The molecule has 1 rings (SSSR count). The summed E-state index contributed by atoms with van der Waals surface area (Å²) in [5, 5.41) is 2.60. The molecule has 1 N–H and O–H groups in total. The van der Waals surface area contributed by atoms with Gasteiger partial charge < -0.3 is 14.8 Å². The lowest BCUT2D eigenvalue weighted by Crippen LogP contribution is -2.33. The molecule has 122 valence electrons. The van der Waals surface area contributed by atoms with E-state index in [0.717, 1.165) is 10.0 Å². The lowest BCUT2D eigenvalue weighted by Gasteiger charge is -2.19. The molecule has 0 spiro atoms. The highest BCUT2D eigenvalue weighted by atomic mass is 79.9. The second-order valence-electron chi connectivity index (χ2n) is 5.82. The Hall–Kier alpha value is -1.56. The lowest BCUT2D eigenvalue weighted by molar-refractivity contribution is -0.145. The van der Waals surface area contributed by atoms with Crippen molar-refractivity contribution in [3.63, 3.8) is 0 Å². The van der Waals surface area contributed by atoms with Gasteiger partial charge in [-0.2, -0.15) is 0 Å². The molecule has 0 bridgehead atoms. The van der Waals surface area contributed by atoms with Gasteiger partial charge in [0.2, 0.25) is 0 Å². The van der Waals surface area contributed by atoms with Gasteiger partial charge in [0.25, 0.3) is 0 Å². The third kappa shape index (κ3) is 8.67. The van der Waals surface area contributed by atoms with Crippen LogP contribution in [0.2, 0.25) is 0 Å². The van der Waals surface area contributed by atoms with E-state index >= 15 is 0 Å². The van der Waals surface area contributed by atoms with Gasteiger partial charge in [-0.15, -0.1) is 0 Å². The third-order valence-electron chi connectivity index (χ3n) is 2.54. The summed E-state index contributed by atoms with van der Waals surface area (Å²) in [6.45, 7) is 6.03. The molecule has 0 unspecified atom stereocenters. The molecule has 0 saturated carbocycles. The van der Waals surface area contributed by atoms with Crippen molar-refractivity contribution in [2.24, 2.45) is 0 Å². The van der Waals surface area contributed by atoms with Crippen LogP contribution in [0.3, 0.4) is 0 Å². The van der Waals surface area contributed by atoms with Gasteiger partial charge in [0.15, 0.2) is 0 Å². The van der Waals surface area contributed by atoms with E-state index in [1.807, 2.05) is 24.3 Å². The summed E-state index contributed by atoms with van der Waals surface area (Å²) >= 11 is 3.34. The summed E-state index contributed by atoms with van der Waals surface area (Å²) in [4.78, 5) is 23.0. The van der Waals surface area contributed by atoms with Crippen LogP contribution < -0.4 is 5.32 Å². The quantitative estimate of drug-likeness (QED) is 0.610. The standard InChI is InChI=1S/C16H22BrNO4/c1-16(2,3)22-15(20)18-10-4-5-14(19)21-11-12-6-8-13(17)9-7-12/h6-9H,4-5,10-11H2,1-3H3,(H,18,20). The van der Waals surface area contributed by atoms with E-state index in [9.17, 15) is 9.59 Å². The Balaban J connectivity index is 2.13. The molecule has 5 nitrogen and oxygen atoms in total. The summed E-state index contributed by atoms with van der Waals surface area (Å²) in [6.07, 6.45) is 0.292. The first-order valence-corrected chi connectivity index (χ1v) is 7.92. The van der Waals surface area contributed by atoms with Crippen molar-refractivity contribution in [2.75, 3.05) is 6.54 Å². The summed E-state index contributed by atoms with van der Waals surface area (Å²) in [6, 6.07) is 7.57. The van der Waals surface area contributed by atoms with Crippen molar-refractivity contribution in [3.05, 3.63) is 34.3 Å². The molecule has 0 fully saturated rings. The van der Waals surface area contributed by atoms with Crippen LogP contribution in [-0.4, -0.2) is 24.2 Å². The fraction of sp³-hybridized carbons (Fsp3) is 0.500. The van der Waals surface area contributed by atoms with Gasteiger partial charge in [0.1, 0.15) is 12.2 Å². The fourth-order valence-electron chi connectivity index (χ4n) is 1.55. The van der Waals surface area contributed by atoms with Crippen LogP contribution in [0.1, 0.15) is 39.2 Å². The minimum Gasteiger partial charge on any atom is -0.461 e. The van der Waals surface area contributed by atoms with Crippen molar-refractivity contribution in [1.29, 1.82) is 0 Å². The van der Waals surface area contributed by atoms with Crippen molar-refractivity contribution in [2.45, 2.75) is 45.8 Å². The Kier molecular flexibility index (Phi) is 7.38. The average Bonchev–Trinajstić information content (AvgIpc) is 2.41. The molecule has 1 amide bonds. The molecule has 0 aliphatic rings. The Morgan fingerprint density at radius 2 is 1.82 bits per heavy atom. The Bertz CT molecular complexity index is 494. The van der Waals surface area contributed by atoms with Crippen molar-refractivity contribution < 1.29 is 19.1 Å². The number of carbonyl (C=O) groups is 2. The average molecular weight is 372 g/mol. The van der Waals surface area contributed by atoms with E-state index in [2.05, 4.69) is 21.2 Å². The number of benzene rings is 1. The highest BCUT2D eigenvalue weighted by Gasteiger charge is 2.15. The molecular weight excluding hydrogens is 350 g/mol. The molecule has 1 aromatic carbocycles. The van der Waals surface area contributed by atoms with Gasteiger partial charge in [-0.3, -0.25) is 4.79 Å². The van der Waals surface area contributed by atoms with Gasteiger partial charge in [0, 0.05) is 17.4 Å². The SMILES string of the molecule is CC(C)(C)OC(=O)NCCCC(=O)OCc1ccc(Br)cc1. The highest BCUT2D eigenvalue weighted by molar-refractivity contribution is 9.10. The first-order valence-electron chi connectivity index (χ1n) is 7.13. The number of carbonyl (C=O) groups excluding carboxylic acids is 2. The summed E-state index contributed by atoms with van der Waals surface area (Å²) in [7, 11) is 0. The topological polar surface area (TPSA) is 64.6 Å². The number of amides is 1. The van der Waals surface area contributed by atoms with Crippen LogP contribution in [-0.2, 0) is 20.9 Å². The third-order valence-corrected chi connectivity index (χ3v) is 3.07. The predicted molar refractivity (Wildman–Crippen MR) is 87.4 cm³/mol. The van der Waals surface area contributed by atoms with Gasteiger partial charge in [0.05, 0.1) is 0 Å². The van der Waals surface area contributed by atoms with E-state index in [1.165, 1.54) is 0 Å². The van der Waals surface area contributed by atoms with Crippen LogP contribution in [0.25, 0.3) is 0 Å². The molecule has 0 aliphatic carbocycles. The van der Waals surface area contributed by atoms with E-state index in [4.69, 9.17) is 9.47 Å². The molecule has 0 radical (unpaired) electrons. The maximum absolute atomic E-state index is 11.6. The van der Waals surface area contributed by atoms with Crippen molar-refractivity contribution in [3.8, 4) is 0 Å². The molecule has 22 heavy (non-hydrogen) atoms. The smallest absolute Gasteiger partial charge is 0.407 e. The van der Waals surface area contributed by atoms with Gasteiger partial charge in [-0.05, 0) is 44.9 Å². The second-order valence-corrected chi connectivity index (χ2v) is 6.74. The van der Waals surface area contributed by atoms with Crippen molar-refractivity contribution >= 4 is 28.0 Å². The Morgan fingerprint density at radius 3 is 2.41 bits per heavy atom. The molecular formula is C16H22BrNO4. The first kappa shape index (κ1) is 18.5. The maximum atomic E-state index is 11.6. The largest absolute Gasteiger partial charge is 0.461 e. The van der Waals surface area contributed by atoms with Crippen LogP contribution in [0, 0.1) is 0 Å². The minimum absolute atomic E-state index is 0.256. The molecule has 0 heterocycles. The number of hydrogen-bond acceptors (Lipinski definition) is 4. The summed E-state index contributed by atoms with van der Waals surface area (Å²) < 4.78 is 11.2. The number of nitrogens with one attached hydrogen (secondary N) is 1. The molecule has 1 aromatic rings. The number of rotatable bonds is 6. The molecule has 6 heteroatoms. The Labute approximate surface area is 139 Å². The normalized spacial score (nSPS) is 10.9. The summed E-state index contributed by atoms with van der Waals surface area (Å²) in [5.74, 6) is -0.283. The molecule has 0 aromatic heterocycles. The van der Waals surface area contributed by atoms with E-state index in [0.29, 0.717) is 13.0 Å². The van der Waals surface area contributed by atoms with Crippen LogP contribution in [0.15, 0.2) is 28.7 Å². The fourth-order valence-corrected chi connectivity index (χ4v) is 1.82. The second kappa shape index (κ2) is 8.78. The zero-order valence-corrected chi connectivity index (χ0v) is 14.7. The van der Waals surface area contributed by atoms with Crippen LogP contribution in [0.4, 0.5) is 4.79 Å². The molecule has 0 aliphatic heterocycles. The number of esters is 1. The van der Waals surface area contributed by atoms with Gasteiger partial charge in [-0.25, -0.2) is 4.79 Å². The number of alkyl carbamates (subject to hydrolysis) is 1. The van der Waals surface area contributed by atoms with E-state index in [-0.39, 0.29) is 19.0 Å². The predicted octanol–water partition coefficient (Wildman–Crippen LogP) is 3.80.